The second-order valence-electron chi connectivity index (χ2n) is 7.30. The van der Waals surface area contributed by atoms with Crippen LogP contribution in [0.5, 0.6) is 0 Å². The number of hydrogen-bond acceptors (Lipinski definition) is 6. The number of alkyl halides is 3. The van der Waals surface area contributed by atoms with Gasteiger partial charge in [0, 0.05) is 31.9 Å². The Balaban J connectivity index is 1.37. The summed E-state index contributed by atoms with van der Waals surface area (Å²) in [6.07, 6.45) is -3.80. The maximum Gasteiger partial charge on any atom is 0.453 e. The molecule has 0 unspecified atom stereocenters. The molecule has 1 amide bonds. The summed E-state index contributed by atoms with van der Waals surface area (Å²) >= 11 is 0. The van der Waals surface area contributed by atoms with Crippen LogP contribution in [0.15, 0.2) is 36.4 Å². The van der Waals surface area contributed by atoms with Crippen molar-refractivity contribution in [1.82, 2.24) is 24.7 Å². The van der Waals surface area contributed by atoms with Crippen molar-refractivity contribution in [2.75, 3.05) is 42.9 Å². The van der Waals surface area contributed by atoms with Gasteiger partial charge in [0.1, 0.15) is 5.82 Å². The quantitative estimate of drug-likeness (QED) is 0.666. The Bertz CT molecular complexity index is 1070. The molecule has 11 heteroatoms. The summed E-state index contributed by atoms with van der Waals surface area (Å²) in [6, 6.07) is 10.8. The van der Waals surface area contributed by atoms with E-state index in [2.05, 4.69) is 20.6 Å². The second-order valence-corrected chi connectivity index (χ2v) is 7.30. The number of halogens is 3. The summed E-state index contributed by atoms with van der Waals surface area (Å²) < 4.78 is 40.0. The first-order valence-corrected chi connectivity index (χ1v) is 10.00. The fourth-order valence-electron chi connectivity index (χ4n) is 3.60. The molecule has 8 nitrogen and oxygen atoms in total. The number of rotatable bonds is 5. The summed E-state index contributed by atoms with van der Waals surface area (Å²) in [5.74, 6) is -0.820. The van der Waals surface area contributed by atoms with Crippen molar-refractivity contribution in [1.29, 1.82) is 0 Å². The summed E-state index contributed by atoms with van der Waals surface area (Å²) in [7, 11) is 0. The van der Waals surface area contributed by atoms with Crippen LogP contribution in [0, 0.1) is 0 Å². The Kier molecular flexibility index (Phi) is 5.77. The van der Waals surface area contributed by atoms with Crippen LogP contribution in [0.2, 0.25) is 0 Å². The van der Waals surface area contributed by atoms with Gasteiger partial charge in [0.05, 0.1) is 6.54 Å². The summed E-state index contributed by atoms with van der Waals surface area (Å²) in [6.45, 7) is 4.56. The Labute approximate surface area is 176 Å². The van der Waals surface area contributed by atoms with Crippen molar-refractivity contribution in [3.63, 3.8) is 0 Å². The van der Waals surface area contributed by atoms with Crippen molar-refractivity contribution in [2.45, 2.75) is 19.5 Å². The zero-order valence-corrected chi connectivity index (χ0v) is 16.9. The van der Waals surface area contributed by atoms with E-state index in [0.717, 1.165) is 22.2 Å². The third-order valence-electron chi connectivity index (χ3n) is 5.24. The van der Waals surface area contributed by atoms with Gasteiger partial charge in [-0.2, -0.15) is 17.7 Å². The number of amides is 1. The third-order valence-corrected chi connectivity index (χ3v) is 5.24. The number of hydrogen-bond donors (Lipinski definition) is 1. The number of aromatic nitrogens is 4. The molecule has 1 aliphatic rings. The molecule has 0 atom stereocenters. The highest BCUT2D eigenvalue weighted by atomic mass is 19.4. The maximum atomic E-state index is 13.1. The lowest BCUT2D eigenvalue weighted by Crippen LogP contribution is -2.49. The SMILES string of the molecule is CCc1ccccc1NC(=O)CN1CCN(c2ccc3nnc(C(F)(F)F)n3n2)CC1. The van der Waals surface area contributed by atoms with E-state index in [9.17, 15) is 18.0 Å². The lowest BCUT2D eigenvalue weighted by molar-refractivity contribution is -0.146. The molecule has 0 aliphatic carbocycles. The molecule has 0 saturated carbocycles. The van der Waals surface area contributed by atoms with Crippen molar-refractivity contribution in [3.8, 4) is 0 Å². The molecule has 2 aromatic heterocycles. The standard InChI is InChI=1S/C20H22F3N7O/c1-2-14-5-3-4-6-15(14)24-18(31)13-28-9-11-29(12-10-28)17-8-7-16-25-26-19(20(21,22)23)30(16)27-17/h3-8H,2,9-13H2,1H3,(H,24,31). The van der Waals surface area contributed by atoms with Crippen LogP contribution < -0.4 is 10.2 Å². The molecular weight excluding hydrogens is 411 g/mol. The Morgan fingerprint density at radius 1 is 1.06 bits per heavy atom. The summed E-state index contributed by atoms with van der Waals surface area (Å²) in [4.78, 5) is 16.3. The van der Waals surface area contributed by atoms with Crippen LogP contribution in [0.4, 0.5) is 24.7 Å². The first kappa shape index (κ1) is 21.0. The molecule has 3 heterocycles. The molecule has 0 spiro atoms. The monoisotopic (exact) mass is 433 g/mol. The smallest absolute Gasteiger partial charge is 0.353 e. The average Bonchev–Trinajstić information content (AvgIpc) is 3.18. The van der Waals surface area contributed by atoms with Crippen molar-refractivity contribution in [2.24, 2.45) is 0 Å². The maximum absolute atomic E-state index is 13.1. The van der Waals surface area contributed by atoms with E-state index in [1.54, 1.807) is 6.07 Å². The molecule has 1 N–H and O–H groups in total. The van der Waals surface area contributed by atoms with Gasteiger partial charge in [0.15, 0.2) is 5.65 Å². The van der Waals surface area contributed by atoms with Crippen LogP contribution in [0.1, 0.15) is 18.3 Å². The van der Waals surface area contributed by atoms with Crippen molar-refractivity contribution >= 4 is 23.1 Å². The first-order valence-electron chi connectivity index (χ1n) is 10.00. The third kappa shape index (κ3) is 4.61. The topological polar surface area (TPSA) is 78.7 Å². The van der Waals surface area contributed by atoms with E-state index in [1.165, 1.54) is 6.07 Å². The molecular formula is C20H22F3N7O. The van der Waals surface area contributed by atoms with Crippen LogP contribution in [-0.4, -0.2) is 63.3 Å². The van der Waals surface area contributed by atoms with Gasteiger partial charge in [-0.05, 0) is 30.2 Å². The van der Waals surface area contributed by atoms with Gasteiger partial charge in [-0.3, -0.25) is 9.69 Å². The number of anilines is 2. The van der Waals surface area contributed by atoms with Crippen molar-refractivity contribution < 1.29 is 18.0 Å². The van der Waals surface area contributed by atoms with E-state index in [0.29, 0.717) is 32.0 Å². The van der Waals surface area contributed by atoms with Gasteiger partial charge in [-0.1, -0.05) is 25.1 Å². The minimum absolute atomic E-state index is 0.0405. The Morgan fingerprint density at radius 2 is 1.81 bits per heavy atom. The number of benzene rings is 1. The normalized spacial score (nSPS) is 15.4. The minimum atomic E-state index is -4.63. The number of aryl methyl sites for hydroxylation is 1. The molecule has 0 radical (unpaired) electrons. The van der Waals surface area contributed by atoms with E-state index < -0.39 is 12.0 Å². The van der Waals surface area contributed by atoms with Gasteiger partial charge in [0.2, 0.25) is 5.91 Å². The van der Waals surface area contributed by atoms with Gasteiger partial charge in [-0.25, -0.2) is 0 Å². The summed E-state index contributed by atoms with van der Waals surface area (Å²) in [5.41, 5.74) is 1.94. The molecule has 3 aromatic rings. The summed E-state index contributed by atoms with van der Waals surface area (Å²) in [5, 5.41) is 13.8. The Hall–Kier alpha value is -3.21. The van der Waals surface area contributed by atoms with E-state index in [-0.39, 0.29) is 18.1 Å². The highest BCUT2D eigenvalue weighted by molar-refractivity contribution is 5.93. The number of carbonyl (C=O) groups excluding carboxylic acids is 1. The van der Waals surface area contributed by atoms with Gasteiger partial charge in [0.25, 0.3) is 5.82 Å². The molecule has 1 aromatic carbocycles. The first-order chi connectivity index (χ1) is 14.8. The largest absolute Gasteiger partial charge is 0.453 e. The fourth-order valence-corrected chi connectivity index (χ4v) is 3.60. The lowest BCUT2D eigenvalue weighted by Gasteiger charge is -2.34. The van der Waals surface area contributed by atoms with Crippen molar-refractivity contribution in [3.05, 3.63) is 47.8 Å². The zero-order chi connectivity index (χ0) is 22.0. The van der Waals surface area contributed by atoms with Gasteiger partial charge < -0.3 is 10.2 Å². The minimum Gasteiger partial charge on any atom is -0.353 e. The van der Waals surface area contributed by atoms with E-state index in [4.69, 9.17) is 0 Å². The molecule has 1 aliphatic heterocycles. The second kappa shape index (κ2) is 8.50. The lowest BCUT2D eigenvalue weighted by atomic mass is 10.1. The number of para-hydroxylation sites is 1. The predicted molar refractivity (Wildman–Crippen MR) is 109 cm³/mol. The van der Waals surface area contributed by atoms with E-state index in [1.807, 2.05) is 41.0 Å². The van der Waals surface area contributed by atoms with Gasteiger partial charge in [-0.15, -0.1) is 15.3 Å². The number of nitrogens with zero attached hydrogens (tertiary/aromatic N) is 6. The highest BCUT2D eigenvalue weighted by Gasteiger charge is 2.37. The molecule has 31 heavy (non-hydrogen) atoms. The molecule has 164 valence electrons. The molecule has 0 bridgehead atoms. The number of carbonyl (C=O) groups is 1. The highest BCUT2D eigenvalue weighted by Crippen LogP contribution is 2.28. The average molecular weight is 433 g/mol. The van der Waals surface area contributed by atoms with Crippen LogP contribution in [-0.2, 0) is 17.4 Å². The number of fused-ring (bicyclic) bond motifs is 1. The van der Waals surface area contributed by atoms with E-state index >= 15 is 0 Å². The van der Waals surface area contributed by atoms with Crippen LogP contribution in [0.3, 0.4) is 0 Å². The van der Waals surface area contributed by atoms with Crippen LogP contribution in [0.25, 0.3) is 5.65 Å². The molecule has 1 saturated heterocycles. The molecule has 1 fully saturated rings. The Morgan fingerprint density at radius 3 is 2.52 bits per heavy atom. The number of piperazine rings is 1. The zero-order valence-electron chi connectivity index (χ0n) is 16.9. The fraction of sp³-hybridized carbons (Fsp3) is 0.400. The predicted octanol–water partition coefficient (Wildman–Crippen LogP) is 2.47. The number of nitrogens with one attached hydrogen (secondary N) is 1. The van der Waals surface area contributed by atoms with Gasteiger partial charge >= 0.3 is 6.18 Å². The van der Waals surface area contributed by atoms with Crippen LogP contribution >= 0.6 is 0 Å². The molecule has 4 rings (SSSR count).